The van der Waals surface area contributed by atoms with Crippen LogP contribution in [0.3, 0.4) is 0 Å². The molecule has 234 valence electrons. The summed E-state index contributed by atoms with van der Waals surface area (Å²) < 4.78 is 38.5. The predicted molar refractivity (Wildman–Crippen MR) is 169 cm³/mol. The van der Waals surface area contributed by atoms with Crippen LogP contribution in [0, 0.1) is 5.92 Å². The highest BCUT2D eigenvalue weighted by Gasteiger charge is 2.47. The Kier molecular flexibility index (Phi) is 8.14. The normalized spacial score (nSPS) is 23.6. The Morgan fingerprint density at radius 3 is 2.61 bits per heavy atom. The van der Waals surface area contributed by atoms with Gasteiger partial charge in [0.05, 0.1) is 23.5 Å². The summed E-state index contributed by atoms with van der Waals surface area (Å²) in [4.78, 5) is 16.0. The number of aliphatic hydroxyl groups is 1. The monoisotopic (exact) mass is 641 g/mol. The smallest absolute Gasteiger partial charge is 0.164 e. The van der Waals surface area contributed by atoms with Crippen LogP contribution in [0.1, 0.15) is 55.6 Å². The Hall–Kier alpha value is -3.19. The van der Waals surface area contributed by atoms with E-state index < -0.39 is 28.2 Å². The van der Waals surface area contributed by atoms with Gasteiger partial charge in [-0.2, -0.15) is 5.10 Å². The lowest BCUT2D eigenvalue weighted by Crippen LogP contribution is -2.63. The second-order valence-corrected chi connectivity index (χ2v) is 15.1. The Bertz CT molecular complexity index is 1810. The average Bonchev–Trinajstić information content (AvgIpc) is 3.35. The van der Waals surface area contributed by atoms with Crippen LogP contribution in [0.5, 0.6) is 0 Å². The summed E-state index contributed by atoms with van der Waals surface area (Å²) in [6.45, 7) is 4.06. The number of nitrogens with zero attached hydrogens (tertiary/aromatic N) is 6. The fraction of sp³-hybridized carbons (Fsp3) is 0.484. The molecule has 1 saturated heterocycles. The van der Waals surface area contributed by atoms with Gasteiger partial charge in [-0.15, -0.1) is 0 Å². The van der Waals surface area contributed by atoms with Crippen molar-refractivity contribution in [3.63, 3.8) is 0 Å². The predicted octanol–water partition coefficient (Wildman–Crippen LogP) is 4.25. The number of anilines is 1. The number of hydrogen-bond donors (Lipinski definition) is 2. The molecule has 10 nitrogen and oxygen atoms in total. The van der Waals surface area contributed by atoms with E-state index in [4.69, 9.17) is 27.3 Å². The van der Waals surface area contributed by atoms with Gasteiger partial charge in [0.25, 0.3) is 0 Å². The molecule has 4 aromatic rings. The molecule has 0 bridgehead atoms. The SMILES string of the molecule is CC(C)c1ccc(N2C[C@H](CS(C)(=O)=O)[C@H]2N)c2cnc(CCc3ccnc(-c4cn(C5CCC5(O)CF)nc4Cl)n3)cc12. The summed E-state index contributed by atoms with van der Waals surface area (Å²) in [6.07, 6.45) is 8.38. The summed E-state index contributed by atoms with van der Waals surface area (Å²) >= 11 is 6.42. The Labute approximate surface area is 261 Å². The van der Waals surface area contributed by atoms with Gasteiger partial charge in [0.2, 0.25) is 0 Å². The number of benzene rings is 1. The maximum atomic E-state index is 13.4. The first-order valence-electron chi connectivity index (χ1n) is 14.8. The quantitative estimate of drug-likeness (QED) is 0.260. The minimum Gasteiger partial charge on any atom is -0.385 e. The molecule has 0 spiro atoms. The van der Waals surface area contributed by atoms with Gasteiger partial charge in [-0.3, -0.25) is 9.67 Å². The molecule has 6 rings (SSSR count). The number of sulfone groups is 1. The molecule has 2 aliphatic rings. The standard InChI is InChI=1S/C31H37ClFN7O3S/c1-18(2)22-6-7-26(39-14-19(29(39)34)16-44(3,42)43)24-13-36-21(12-23(22)24)5-4-20-9-11-35-30(37-20)25-15-40(38-28(25)32)27-8-10-31(27,41)17-33/h6-7,9,11-13,15,18-19,27,29,41H,4-5,8,10,14,16-17,34H2,1-3H3/t19-,27?,29+,31?/m1/s1. The van der Waals surface area contributed by atoms with Crippen molar-refractivity contribution in [2.75, 3.05) is 30.1 Å². The van der Waals surface area contributed by atoms with E-state index in [0.29, 0.717) is 49.5 Å². The van der Waals surface area contributed by atoms with Crippen molar-refractivity contribution in [3.05, 3.63) is 65.0 Å². The molecule has 1 aliphatic carbocycles. The molecule has 1 saturated carbocycles. The number of fused-ring (bicyclic) bond motifs is 1. The van der Waals surface area contributed by atoms with Crippen molar-refractivity contribution >= 4 is 37.9 Å². The van der Waals surface area contributed by atoms with E-state index in [2.05, 4.69) is 47.0 Å². The lowest BCUT2D eigenvalue weighted by atomic mass is 9.76. The maximum absolute atomic E-state index is 13.4. The number of nitrogens with two attached hydrogens (primary N) is 1. The van der Waals surface area contributed by atoms with Crippen molar-refractivity contribution in [1.82, 2.24) is 24.7 Å². The van der Waals surface area contributed by atoms with Gasteiger partial charge in [0.15, 0.2) is 11.0 Å². The molecule has 3 N–H and O–H groups in total. The topological polar surface area (TPSA) is 140 Å². The van der Waals surface area contributed by atoms with Crippen LogP contribution in [0.2, 0.25) is 5.15 Å². The zero-order valence-corrected chi connectivity index (χ0v) is 26.6. The summed E-state index contributed by atoms with van der Waals surface area (Å²) in [5.74, 6) is 0.689. The molecule has 0 amide bonds. The number of hydrogen-bond acceptors (Lipinski definition) is 9. The minimum atomic E-state index is -3.11. The zero-order valence-electron chi connectivity index (χ0n) is 25.0. The lowest BCUT2D eigenvalue weighted by Gasteiger charge is -2.47. The van der Waals surface area contributed by atoms with Gasteiger partial charge in [0, 0.05) is 59.8 Å². The van der Waals surface area contributed by atoms with Crippen molar-refractivity contribution < 1.29 is 17.9 Å². The largest absolute Gasteiger partial charge is 0.385 e. The first-order valence-corrected chi connectivity index (χ1v) is 17.3. The molecular formula is C31H37ClFN7O3S. The van der Waals surface area contributed by atoms with Crippen LogP contribution < -0.4 is 10.6 Å². The molecule has 3 aromatic heterocycles. The van der Waals surface area contributed by atoms with E-state index >= 15 is 0 Å². The fourth-order valence-electron chi connectivity index (χ4n) is 6.32. The Morgan fingerprint density at radius 2 is 1.95 bits per heavy atom. The first-order chi connectivity index (χ1) is 20.9. The summed E-state index contributed by atoms with van der Waals surface area (Å²) in [5, 5.41) is 17.0. The fourth-order valence-corrected chi connectivity index (χ4v) is 7.62. The van der Waals surface area contributed by atoms with Crippen LogP contribution in [0.25, 0.3) is 22.2 Å². The van der Waals surface area contributed by atoms with Crippen LogP contribution in [0.15, 0.2) is 42.9 Å². The number of aromatic nitrogens is 5. The maximum Gasteiger partial charge on any atom is 0.164 e. The molecular weight excluding hydrogens is 605 g/mol. The average molecular weight is 642 g/mol. The lowest BCUT2D eigenvalue weighted by molar-refractivity contribution is -0.104. The van der Waals surface area contributed by atoms with Gasteiger partial charge in [0.1, 0.15) is 22.1 Å². The number of alkyl halides is 1. The molecule has 1 aliphatic heterocycles. The molecule has 2 unspecified atom stereocenters. The van der Waals surface area contributed by atoms with Crippen LogP contribution >= 0.6 is 11.6 Å². The van der Waals surface area contributed by atoms with Gasteiger partial charge >= 0.3 is 0 Å². The van der Waals surface area contributed by atoms with E-state index in [1.165, 1.54) is 16.5 Å². The Balaban J connectivity index is 1.21. The van der Waals surface area contributed by atoms with Crippen molar-refractivity contribution in [2.45, 2.75) is 63.3 Å². The third-order valence-electron chi connectivity index (χ3n) is 8.99. The minimum absolute atomic E-state index is 0.0807. The molecule has 0 radical (unpaired) electrons. The van der Waals surface area contributed by atoms with Crippen LogP contribution in [-0.4, -0.2) is 75.3 Å². The third kappa shape index (κ3) is 5.80. The highest BCUT2D eigenvalue weighted by Crippen LogP contribution is 2.43. The van der Waals surface area contributed by atoms with E-state index in [1.54, 1.807) is 12.4 Å². The molecule has 4 heterocycles. The van der Waals surface area contributed by atoms with Crippen molar-refractivity contribution in [3.8, 4) is 11.4 Å². The van der Waals surface area contributed by atoms with Crippen molar-refractivity contribution in [1.29, 1.82) is 0 Å². The molecule has 13 heteroatoms. The van der Waals surface area contributed by atoms with Gasteiger partial charge in [-0.05, 0) is 60.7 Å². The second kappa shape index (κ2) is 11.6. The number of pyridine rings is 1. The zero-order chi connectivity index (χ0) is 31.4. The number of aryl methyl sites for hydroxylation is 2. The first kappa shape index (κ1) is 30.8. The summed E-state index contributed by atoms with van der Waals surface area (Å²) in [6, 6.07) is 7.70. The number of rotatable bonds is 10. The third-order valence-corrected chi connectivity index (χ3v) is 10.3. The highest BCUT2D eigenvalue weighted by atomic mass is 35.5. The molecule has 4 atom stereocenters. The highest BCUT2D eigenvalue weighted by molar-refractivity contribution is 7.90. The van der Waals surface area contributed by atoms with E-state index in [-0.39, 0.29) is 23.0 Å². The Morgan fingerprint density at radius 1 is 1.18 bits per heavy atom. The van der Waals surface area contributed by atoms with Crippen LogP contribution in [0.4, 0.5) is 10.1 Å². The number of halogens is 2. The summed E-state index contributed by atoms with van der Waals surface area (Å²) in [7, 11) is -3.11. The van der Waals surface area contributed by atoms with Gasteiger partial charge in [-0.25, -0.2) is 22.8 Å². The van der Waals surface area contributed by atoms with Crippen LogP contribution in [-0.2, 0) is 22.7 Å². The second-order valence-electron chi connectivity index (χ2n) is 12.5. The van der Waals surface area contributed by atoms with Crippen molar-refractivity contribution in [2.24, 2.45) is 11.7 Å². The summed E-state index contributed by atoms with van der Waals surface area (Å²) in [5.41, 5.74) is 9.44. The molecule has 1 aromatic carbocycles. The van der Waals surface area contributed by atoms with Gasteiger partial charge in [-0.1, -0.05) is 31.5 Å². The van der Waals surface area contributed by atoms with E-state index in [1.807, 2.05) is 12.3 Å². The van der Waals surface area contributed by atoms with E-state index in [0.717, 1.165) is 27.8 Å². The molecule has 2 fully saturated rings. The van der Waals surface area contributed by atoms with E-state index in [9.17, 15) is 17.9 Å². The van der Waals surface area contributed by atoms with Gasteiger partial charge < -0.3 is 15.7 Å². The molecule has 44 heavy (non-hydrogen) atoms.